The Kier molecular flexibility index (Phi) is 7.09. The molecule has 4 aliphatic rings. The zero-order chi connectivity index (χ0) is 31.0. The van der Waals surface area contributed by atoms with Gasteiger partial charge in [0.15, 0.2) is 6.61 Å². The Morgan fingerprint density at radius 3 is 2.40 bits per heavy atom. The quantitative estimate of drug-likeness (QED) is 0.228. The van der Waals surface area contributed by atoms with Crippen molar-refractivity contribution in [1.29, 1.82) is 0 Å². The molecule has 3 aromatic carbocycles. The largest absolute Gasteiger partial charge is 0.484 e. The monoisotopic (exact) mass is 677 g/mol. The van der Waals surface area contributed by atoms with Crippen molar-refractivity contribution in [3.63, 3.8) is 0 Å². The number of ether oxygens (including phenoxy) is 1. The lowest BCUT2D eigenvalue weighted by atomic mass is 9.68. The van der Waals surface area contributed by atoms with Crippen molar-refractivity contribution in [2.24, 2.45) is 29.6 Å². The highest BCUT2D eigenvalue weighted by Crippen LogP contribution is 2.68. The van der Waals surface area contributed by atoms with Crippen molar-refractivity contribution in [2.45, 2.75) is 22.6 Å². The Morgan fingerprint density at radius 1 is 0.933 bits per heavy atom. The van der Waals surface area contributed by atoms with Crippen molar-refractivity contribution >= 4 is 75.4 Å². The summed E-state index contributed by atoms with van der Waals surface area (Å²) in [5.41, 5.74) is 2.15. The van der Waals surface area contributed by atoms with Gasteiger partial charge in [0.1, 0.15) is 5.75 Å². The molecule has 2 saturated carbocycles. The summed E-state index contributed by atoms with van der Waals surface area (Å²) in [6, 6.07) is 21.6. The Bertz CT molecular complexity index is 1910. The second-order valence-corrected chi connectivity index (χ2v) is 14.9. The molecule has 2 aliphatic heterocycles. The average Bonchev–Trinajstić information content (AvgIpc) is 3.77. The summed E-state index contributed by atoms with van der Waals surface area (Å²) in [7, 11) is 0. The van der Waals surface area contributed by atoms with Crippen LogP contribution in [-0.4, -0.2) is 34.6 Å². The van der Waals surface area contributed by atoms with Crippen LogP contribution < -0.4 is 19.8 Å². The number of carbonyl (C=O) groups is 3. The fourth-order valence-electron chi connectivity index (χ4n) is 7.91. The molecule has 45 heavy (non-hydrogen) atoms. The third-order valence-electron chi connectivity index (χ3n) is 9.55. The number of benzene rings is 3. The first kappa shape index (κ1) is 28.9. The fourth-order valence-corrected chi connectivity index (χ4v) is 11.1. The third kappa shape index (κ3) is 4.72. The second kappa shape index (κ2) is 11.0. The number of halogens is 2. The fraction of sp³-hybridized carbons (Fsp3) is 0.273. The van der Waals surface area contributed by atoms with E-state index in [0.717, 1.165) is 21.9 Å². The lowest BCUT2D eigenvalue weighted by molar-refractivity contribution is -0.123. The van der Waals surface area contributed by atoms with Crippen molar-refractivity contribution in [3.8, 4) is 5.75 Å². The number of carbonyl (C=O) groups excluding carboxylic acids is 3. The molecule has 1 aromatic heterocycles. The molecule has 8 nitrogen and oxygen atoms in total. The molecule has 12 heteroatoms. The van der Waals surface area contributed by atoms with Crippen molar-refractivity contribution in [3.05, 3.63) is 103 Å². The van der Waals surface area contributed by atoms with Gasteiger partial charge in [-0.25, -0.2) is 0 Å². The van der Waals surface area contributed by atoms with Gasteiger partial charge >= 0.3 is 4.87 Å². The Hall–Kier alpha value is -3.57. The van der Waals surface area contributed by atoms with Crippen molar-refractivity contribution in [1.82, 2.24) is 4.98 Å². The summed E-state index contributed by atoms with van der Waals surface area (Å²) in [5.74, 6) is -0.664. The topological polar surface area (TPSA) is 109 Å². The number of amides is 3. The molecule has 0 spiro atoms. The van der Waals surface area contributed by atoms with E-state index in [1.807, 2.05) is 54.6 Å². The minimum absolute atomic E-state index is 0.0269. The Balaban J connectivity index is 1.04. The highest BCUT2D eigenvalue weighted by molar-refractivity contribution is 8.00. The summed E-state index contributed by atoms with van der Waals surface area (Å²) in [6.45, 7) is -0.200. The highest BCUT2D eigenvalue weighted by Gasteiger charge is 2.69. The molecule has 2 N–H and O–H groups in total. The molecule has 2 aliphatic carbocycles. The number of hydrogen-bond donors (Lipinski definition) is 2. The Labute approximate surface area is 276 Å². The number of H-pyrrole nitrogens is 1. The number of nitrogens with zero attached hydrogens (tertiary/aromatic N) is 1. The molecule has 2 bridgehead atoms. The van der Waals surface area contributed by atoms with Gasteiger partial charge in [0.05, 0.1) is 32.6 Å². The number of rotatable bonds is 6. The molecular formula is C33H25Cl2N3O5S2. The third-order valence-corrected chi connectivity index (χ3v) is 12.9. The molecule has 228 valence electrons. The van der Waals surface area contributed by atoms with Crippen LogP contribution in [0, 0.1) is 29.6 Å². The van der Waals surface area contributed by atoms with Crippen LogP contribution in [0.1, 0.15) is 22.8 Å². The number of aromatic nitrogens is 1. The number of aromatic amines is 1. The van der Waals surface area contributed by atoms with E-state index in [-0.39, 0.29) is 70.0 Å². The van der Waals surface area contributed by atoms with Crippen LogP contribution in [0.5, 0.6) is 5.75 Å². The highest BCUT2D eigenvalue weighted by atomic mass is 35.5. The second-order valence-electron chi connectivity index (χ2n) is 11.8. The van der Waals surface area contributed by atoms with Gasteiger partial charge < -0.3 is 15.0 Å². The molecule has 4 aromatic rings. The van der Waals surface area contributed by atoms with Crippen LogP contribution in [0.4, 0.5) is 11.4 Å². The zero-order valence-corrected chi connectivity index (χ0v) is 26.6. The molecule has 6 unspecified atom stereocenters. The Morgan fingerprint density at radius 2 is 1.67 bits per heavy atom. The molecule has 8 rings (SSSR count). The van der Waals surface area contributed by atoms with Gasteiger partial charge in [0.25, 0.3) is 5.91 Å². The first-order valence-corrected chi connectivity index (χ1v) is 17.0. The molecule has 7 atom stereocenters. The normalized spacial score (nSPS) is 27.7. The van der Waals surface area contributed by atoms with Gasteiger partial charge in [-0.15, -0.1) is 11.8 Å². The minimum atomic E-state index is -0.360. The number of thioether (sulfide) groups is 1. The van der Waals surface area contributed by atoms with Crippen molar-refractivity contribution < 1.29 is 19.1 Å². The number of thiazole rings is 1. The van der Waals surface area contributed by atoms with Gasteiger partial charge in [0.2, 0.25) is 11.8 Å². The van der Waals surface area contributed by atoms with E-state index in [4.69, 9.17) is 27.9 Å². The first-order chi connectivity index (χ1) is 21.8. The predicted molar refractivity (Wildman–Crippen MR) is 174 cm³/mol. The molecular weight excluding hydrogens is 653 g/mol. The lowest BCUT2D eigenvalue weighted by Gasteiger charge is -2.43. The van der Waals surface area contributed by atoms with E-state index in [9.17, 15) is 19.2 Å². The van der Waals surface area contributed by atoms with E-state index < -0.39 is 0 Å². The van der Waals surface area contributed by atoms with Crippen LogP contribution in [0.15, 0.2) is 82.6 Å². The first-order valence-electron chi connectivity index (χ1n) is 14.6. The summed E-state index contributed by atoms with van der Waals surface area (Å²) in [5, 5.41) is 4.44. The van der Waals surface area contributed by atoms with Crippen LogP contribution >= 0.6 is 46.3 Å². The summed E-state index contributed by atoms with van der Waals surface area (Å²) < 4.78 is 5.77. The minimum Gasteiger partial charge on any atom is -0.484 e. The van der Waals surface area contributed by atoms with Crippen LogP contribution in [0.2, 0.25) is 10.0 Å². The molecule has 0 radical (unpaired) electrons. The van der Waals surface area contributed by atoms with Gasteiger partial charge in [-0.05, 0) is 72.2 Å². The molecule has 1 saturated heterocycles. The zero-order valence-electron chi connectivity index (χ0n) is 23.4. The smallest absolute Gasteiger partial charge is 0.305 e. The standard InChI is InChI=1S/C33H25Cl2N3O5S2/c34-21-11-8-16(12-22(21)35)36-23(39)14-43-18-9-6-15(7-10-18)24-25-19-13-20(28(25)44-30-29(24)45-33(42)37-30)27-26(19)31(40)38(32(27)41)17-4-2-1-3-5-17/h1-12,19-20,24-28H,13-14H2,(H,36,39)(H,37,42)/t19?,20?,24-,25?,26?,27?,28?/m1/s1. The number of fused-ring (bicyclic) bond motifs is 9. The number of hydrogen-bond acceptors (Lipinski definition) is 7. The SMILES string of the molecule is O=C(COc1ccc([C@H]2c3sc(=O)[nH]c3SC3C4CC(C5C(=O)N(c6ccccc6)C(=O)C45)C32)cc1)Nc1ccc(Cl)c(Cl)c1. The predicted octanol–water partition coefficient (Wildman–Crippen LogP) is 6.44. The van der Waals surface area contributed by atoms with Crippen LogP contribution in [0.3, 0.4) is 0 Å². The molecule has 3 heterocycles. The summed E-state index contributed by atoms with van der Waals surface area (Å²) in [6.07, 6.45) is 0.822. The van der Waals surface area contributed by atoms with Crippen LogP contribution in [0.25, 0.3) is 0 Å². The molecule has 3 fully saturated rings. The van der Waals surface area contributed by atoms with Gasteiger partial charge in [-0.2, -0.15) is 0 Å². The van der Waals surface area contributed by atoms with E-state index in [1.165, 1.54) is 16.2 Å². The number of nitrogens with one attached hydrogen (secondary N) is 2. The number of anilines is 2. The van der Waals surface area contributed by atoms with E-state index in [2.05, 4.69) is 10.3 Å². The lowest BCUT2D eigenvalue weighted by Crippen LogP contribution is -2.42. The van der Waals surface area contributed by atoms with Gasteiger partial charge in [-0.1, -0.05) is 64.9 Å². The van der Waals surface area contributed by atoms with E-state index >= 15 is 0 Å². The average molecular weight is 679 g/mol. The number of para-hydroxylation sites is 1. The van der Waals surface area contributed by atoms with Gasteiger partial charge in [-0.3, -0.25) is 24.1 Å². The maximum Gasteiger partial charge on any atom is 0.305 e. The number of imide groups is 1. The maximum atomic E-state index is 13.9. The van der Waals surface area contributed by atoms with E-state index in [1.54, 1.807) is 30.0 Å². The van der Waals surface area contributed by atoms with Gasteiger partial charge in [0, 0.05) is 21.7 Å². The maximum absolute atomic E-state index is 13.9. The molecule has 3 amide bonds. The summed E-state index contributed by atoms with van der Waals surface area (Å²) in [4.78, 5) is 57.9. The van der Waals surface area contributed by atoms with Crippen LogP contribution in [-0.2, 0) is 14.4 Å². The summed E-state index contributed by atoms with van der Waals surface area (Å²) >= 11 is 14.9. The van der Waals surface area contributed by atoms with Crippen molar-refractivity contribution in [2.75, 3.05) is 16.8 Å². The van der Waals surface area contributed by atoms with E-state index in [0.29, 0.717) is 27.2 Å².